The minimum absolute atomic E-state index is 0.544. The van der Waals surface area contributed by atoms with Crippen LogP contribution in [0, 0.1) is 5.92 Å². The maximum atomic E-state index is 3.43. The van der Waals surface area contributed by atoms with Gasteiger partial charge >= 0.3 is 0 Å². The first-order chi connectivity index (χ1) is 7.29. The van der Waals surface area contributed by atoms with E-state index in [2.05, 4.69) is 41.4 Å². The Bertz CT molecular complexity index is 273. The van der Waals surface area contributed by atoms with E-state index in [4.69, 9.17) is 0 Å². The zero-order valence-electron chi connectivity index (χ0n) is 9.66. The molecule has 0 amide bonds. The molecule has 2 heterocycles. The van der Waals surface area contributed by atoms with Gasteiger partial charge in [0, 0.05) is 11.9 Å². The molecule has 0 saturated carbocycles. The Hall–Kier alpha value is -0.800. The smallest absolute Gasteiger partial charge is 0.0522 e. The summed E-state index contributed by atoms with van der Waals surface area (Å²) >= 11 is 0. The normalized spacial score (nSPS) is 20.7. The molecule has 0 spiro atoms. The summed E-state index contributed by atoms with van der Waals surface area (Å²) in [5, 5.41) is 3.43. The molecule has 1 unspecified atom stereocenters. The molecule has 0 aliphatic carbocycles. The van der Waals surface area contributed by atoms with Gasteiger partial charge in [-0.3, -0.25) is 0 Å². The molecule has 1 aromatic rings. The number of rotatable bonds is 3. The third kappa shape index (κ3) is 2.41. The molecule has 3 heteroatoms. The van der Waals surface area contributed by atoms with E-state index < -0.39 is 0 Å². The number of hydrogen-bond donors (Lipinski definition) is 2. The number of piperidine rings is 1. The van der Waals surface area contributed by atoms with Crippen LogP contribution in [0.1, 0.15) is 24.6 Å². The number of aromatic amines is 1. The monoisotopic (exact) mass is 207 g/mol. The van der Waals surface area contributed by atoms with Crippen molar-refractivity contribution in [2.24, 2.45) is 5.92 Å². The van der Waals surface area contributed by atoms with Crippen LogP contribution in [0.2, 0.25) is 0 Å². The summed E-state index contributed by atoms with van der Waals surface area (Å²) in [6.45, 7) is 2.32. The molecule has 84 valence electrons. The molecule has 0 bridgehead atoms. The maximum Gasteiger partial charge on any atom is 0.0522 e. The second kappa shape index (κ2) is 4.81. The summed E-state index contributed by atoms with van der Waals surface area (Å²) < 4.78 is 0. The van der Waals surface area contributed by atoms with Crippen molar-refractivity contribution < 1.29 is 0 Å². The highest BCUT2D eigenvalue weighted by Gasteiger charge is 2.26. The largest absolute Gasteiger partial charge is 0.364 e. The molecular weight excluding hydrogens is 186 g/mol. The Morgan fingerprint density at radius 1 is 1.33 bits per heavy atom. The first-order valence-corrected chi connectivity index (χ1v) is 5.79. The molecule has 1 atom stereocenters. The highest BCUT2D eigenvalue weighted by Crippen LogP contribution is 2.31. The predicted molar refractivity (Wildman–Crippen MR) is 62.8 cm³/mol. The van der Waals surface area contributed by atoms with Crippen molar-refractivity contribution >= 4 is 0 Å². The summed E-state index contributed by atoms with van der Waals surface area (Å²) in [5.74, 6) is 0.778. The lowest BCUT2D eigenvalue weighted by Crippen LogP contribution is -2.36. The summed E-state index contributed by atoms with van der Waals surface area (Å²) in [4.78, 5) is 5.69. The fourth-order valence-electron chi connectivity index (χ4n) is 2.64. The van der Waals surface area contributed by atoms with Crippen LogP contribution in [-0.4, -0.2) is 37.1 Å². The van der Waals surface area contributed by atoms with Gasteiger partial charge in [-0.1, -0.05) is 0 Å². The van der Waals surface area contributed by atoms with Crippen LogP contribution < -0.4 is 5.32 Å². The van der Waals surface area contributed by atoms with E-state index in [1.165, 1.54) is 18.5 Å². The van der Waals surface area contributed by atoms with Gasteiger partial charge in [0.1, 0.15) is 0 Å². The highest BCUT2D eigenvalue weighted by molar-refractivity contribution is 5.10. The number of nitrogens with zero attached hydrogens (tertiary/aromatic N) is 1. The highest BCUT2D eigenvalue weighted by atomic mass is 15.1. The average Bonchev–Trinajstić information content (AvgIpc) is 2.72. The first-order valence-electron chi connectivity index (χ1n) is 5.79. The number of H-pyrrole nitrogens is 1. The molecule has 1 aromatic heterocycles. The maximum absolute atomic E-state index is 3.43. The molecule has 15 heavy (non-hydrogen) atoms. The fourth-order valence-corrected chi connectivity index (χ4v) is 2.64. The molecule has 0 aromatic carbocycles. The Kier molecular flexibility index (Phi) is 3.44. The fraction of sp³-hybridized carbons (Fsp3) is 0.667. The Morgan fingerprint density at radius 2 is 2.07 bits per heavy atom. The molecule has 3 nitrogen and oxygen atoms in total. The molecule has 1 aliphatic heterocycles. The number of hydrogen-bond acceptors (Lipinski definition) is 2. The van der Waals surface area contributed by atoms with Gasteiger partial charge in [-0.25, -0.2) is 0 Å². The molecule has 2 N–H and O–H groups in total. The third-order valence-corrected chi connectivity index (χ3v) is 3.33. The van der Waals surface area contributed by atoms with E-state index in [0.717, 1.165) is 19.0 Å². The molecule has 1 fully saturated rings. The Balaban J connectivity index is 2.12. The van der Waals surface area contributed by atoms with Gasteiger partial charge < -0.3 is 15.2 Å². The van der Waals surface area contributed by atoms with Crippen LogP contribution >= 0.6 is 0 Å². The average molecular weight is 207 g/mol. The SMILES string of the molecule is CN(C)C(c1ccc[nH]1)C1CCNCC1. The molecule has 0 radical (unpaired) electrons. The second-order valence-corrected chi connectivity index (χ2v) is 4.62. The van der Waals surface area contributed by atoms with E-state index in [0.29, 0.717) is 6.04 Å². The Labute approximate surface area is 91.9 Å². The van der Waals surface area contributed by atoms with Gasteiger partial charge in [0.05, 0.1) is 6.04 Å². The molecule has 1 saturated heterocycles. The van der Waals surface area contributed by atoms with Crippen LogP contribution in [0.5, 0.6) is 0 Å². The second-order valence-electron chi connectivity index (χ2n) is 4.62. The minimum Gasteiger partial charge on any atom is -0.364 e. The summed E-state index contributed by atoms with van der Waals surface area (Å²) in [6.07, 6.45) is 4.58. The van der Waals surface area contributed by atoms with E-state index in [-0.39, 0.29) is 0 Å². The summed E-state index contributed by atoms with van der Waals surface area (Å²) in [7, 11) is 4.35. The summed E-state index contributed by atoms with van der Waals surface area (Å²) in [5.41, 5.74) is 1.35. The van der Waals surface area contributed by atoms with Gasteiger partial charge in [0.2, 0.25) is 0 Å². The first kappa shape index (κ1) is 10.7. The summed E-state index contributed by atoms with van der Waals surface area (Å²) in [6, 6.07) is 4.83. The zero-order chi connectivity index (χ0) is 10.7. The minimum atomic E-state index is 0.544. The standard InChI is InChI=1S/C12H21N3/c1-15(2)12(11-4-3-7-14-11)10-5-8-13-9-6-10/h3-4,7,10,12-14H,5-6,8-9H2,1-2H3. The van der Waals surface area contributed by atoms with Crippen molar-refractivity contribution in [3.63, 3.8) is 0 Å². The lowest BCUT2D eigenvalue weighted by molar-refractivity contribution is 0.174. The van der Waals surface area contributed by atoms with Crippen LogP contribution in [0.25, 0.3) is 0 Å². The van der Waals surface area contributed by atoms with Crippen molar-refractivity contribution in [1.82, 2.24) is 15.2 Å². The van der Waals surface area contributed by atoms with Crippen LogP contribution in [0.15, 0.2) is 18.3 Å². The van der Waals surface area contributed by atoms with Crippen molar-refractivity contribution in [2.45, 2.75) is 18.9 Å². The van der Waals surface area contributed by atoms with E-state index >= 15 is 0 Å². The van der Waals surface area contributed by atoms with E-state index in [1.807, 2.05) is 6.20 Å². The van der Waals surface area contributed by atoms with Gasteiger partial charge in [-0.05, 0) is 58.1 Å². The molecule has 1 aliphatic rings. The topological polar surface area (TPSA) is 31.1 Å². The van der Waals surface area contributed by atoms with Gasteiger partial charge in [0.15, 0.2) is 0 Å². The van der Waals surface area contributed by atoms with Crippen LogP contribution in [0.3, 0.4) is 0 Å². The zero-order valence-corrected chi connectivity index (χ0v) is 9.66. The quantitative estimate of drug-likeness (QED) is 0.789. The van der Waals surface area contributed by atoms with Crippen molar-refractivity contribution in [3.05, 3.63) is 24.0 Å². The third-order valence-electron chi connectivity index (χ3n) is 3.33. The van der Waals surface area contributed by atoms with E-state index in [1.54, 1.807) is 0 Å². The molecular formula is C12H21N3. The van der Waals surface area contributed by atoms with Crippen LogP contribution in [0.4, 0.5) is 0 Å². The molecule has 2 rings (SSSR count). The van der Waals surface area contributed by atoms with Crippen molar-refractivity contribution in [3.8, 4) is 0 Å². The number of aromatic nitrogens is 1. The lowest BCUT2D eigenvalue weighted by Gasteiger charge is -2.34. The predicted octanol–water partition coefficient (Wildman–Crippen LogP) is 1.62. The van der Waals surface area contributed by atoms with Crippen molar-refractivity contribution in [2.75, 3.05) is 27.2 Å². The van der Waals surface area contributed by atoms with Gasteiger partial charge in [0.25, 0.3) is 0 Å². The van der Waals surface area contributed by atoms with Crippen LogP contribution in [-0.2, 0) is 0 Å². The van der Waals surface area contributed by atoms with Crippen molar-refractivity contribution in [1.29, 1.82) is 0 Å². The van der Waals surface area contributed by atoms with Gasteiger partial charge in [-0.15, -0.1) is 0 Å². The number of nitrogens with one attached hydrogen (secondary N) is 2. The Morgan fingerprint density at radius 3 is 2.60 bits per heavy atom. The van der Waals surface area contributed by atoms with Gasteiger partial charge in [-0.2, -0.15) is 0 Å². The van der Waals surface area contributed by atoms with E-state index in [9.17, 15) is 0 Å². The lowest BCUT2D eigenvalue weighted by atomic mass is 9.88.